The first-order valence-electron chi connectivity index (χ1n) is 6.47. The van der Waals surface area contributed by atoms with Crippen molar-refractivity contribution in [3.63, 3.8) is 0 Å². The van der Waals surface area contributed by atoms with Gasteiger partial charge in [-0.15, -0.1) is 0 Å². The minimum atomic E-state index is -0.593. The summed E-state index contributed by atoms with van der Waals surface area (Å²) in [5.41, 5.74) is -0.0873. The molecule has 21 heavy (non-hydrogen) atoms. The molecule has 1 saturated heterocycles. The largest absolute Gasteiger partial charge is 0.495 e. The first-order valence-corrected chi connectivity index (χ1v) is 6.85. The summed E-state index contributed by atoms with van der Waals surface area (Å²) >= 11 is 5.89. The molecule has 0 spiro atoms. The smallest absolute Gasteiger partial charge is 0.324 e. The molecule has 1 aliphatic heterocycles. The molecule has 2 amide bonds. The number of benzene rings is 1. The lowest BCUT2D eigenvalue weighted by molar-refractivity contribution is 0.157. The number of urea groups is 1. The van der Waals surface area contributed by atoms with Gasteiger partial charge < -0.3 is 10.1 Å². The van der Waals surface area contributed by atoms with Gasteiger partial charge in [-0.1, -0.05) is 11.6 Å². The monoisotopic (exact) mass is 308 g/mol. The van der Waals surface area contributed by atoms with Gasteiger partial charge in [-0.25, -0.2) is 4.79 Å². The van der Waals surface area contributed by atoms with E-state index in [0.29, 0.717) is 23.0 Å². The zero-order valence-electron chi connectivity index (χ0n) is 12.1. The Balaban J connectivity index is 2.24. The third-order valence-corrected chi connectivity index (χ3v) is 3.65. The Morgan fingerprint density at radius 3 is 2.95 bits per heavy atom. The SMILES string of the molecule is COc1cc(Cl)ccc1NC(=O)N1C(C#N)CNC1(C)C. The molecule has 1 aromatic carbocycles. The van der Waals surface area contributed by atoms with Crippen LogP contribution < -0.4 is 15.4 Å². The highest BCUT2D eigenvalue weighted by Gasteiger charge is 2.42. The predicted octanol–water partition coefficient (Wildman–Crippen LogP) is 2.41. The zero-order valence-corrected chi connectivity index (χ0v) is 12.9. The molecule has 1 aliphatic rings. The maximum Gasteiger partial charge on any atom is 0.324 e. The van der Waals surface area contributed by atoms with Crippen LogP contribution in [0.15, 0.2) is 18.2 Å². The van der Waals surface area contributed by atoms with Crippen molar-refractivity contribution in [3.05, 3.63) is 23.2 Å². The molecule has 2 rings (SSSR count). The number of nitrogens with zero attached hydrogens (tertiary/aromatic N) is 2. The lowest BCUT2D eigenvalue weighted by Crippen LogP contribution is -2.52. The second kappa shape index (κ2) is 5.80. The first kappa shape index (κ1) is 15.4. The molecule has 1 atom stereocenters. The van der Waals surface area contributed by atoms with Crippen LogP contribution in [0.25, 0.3) is 0 Å². The van der Waals surface area contributed by atoms with Crippen molar-refractivity contribution in [3.8, 4) is 11.8 Å². The topological polar surface area (TPSA) is 77.4 Å². The molecule has 0 radical (unpaired) electrons. The third kappa shape index (κ3) is 3.04. The van der Waals surface area contributed by atoms with E-state index in [0.717, 1.165) is 0 Å². The summed E-state index contributed by atoms with van der Waals surface area (Å²) in [4.78, 5) is 14.0. The average molecular weight is 309 g/mol. The van der Waals surface area contributed by atoms with Crippen LogP contribution in [0.5, 0.6) is 5.75 Å². The number of nitrogens with one attached hydrogen (secondary N) is 2. The molecule has 1 unspecified atom stereocenters. The minimum Gasteiger partial charge on any atom is -0.495 e. The highest BCUT2D eigenvalue weighted by molar-refractivity contribution is 6.30. The van der Waals surface area contributed by atoms with E-state index < -0.39 is 11.7 Å². The summed E-state index contributed by atoms with van der Waals surface area (Å²) < 4.78 is 5.20. The molecule has 0 aromatic heterocycles. The number of hydrogen-bond donors (Lipinski definition) is 2. The molecule has 2 N–H and O–H groups in total. The zero-order chi connectivity index (χ0) is 15.6. The van der Waals surface area contributed by atoms with E-state index in [2.05, 4.69) is 16.7 Å². The molecule has 0 aliphatic carbocycles. The van der Waals surface area contributed by atoms with Crippen LogP contribution >= 0.6 is 11.6 Å². The normalized spacial score (nSPS) is 20.0. The fourth-order valence-electron chi connectivity index (χ4n) is 2.36. The Bertz CT molecular complexity index is 597. The Kier molecular flexibility index (Phi) is 4.26. The Morgan fingerprint density at radius 2 is 2.33 bits per heavy atom. The standard InChI is InChI=1S/C14H17ClN4O2/c1-14(2)17-8-10(7-16)19(14)13(20)18-11-5-4-9(15)6-12(11)21-3/h4-6,10,17H,8H2,1-3H3,(H,18,20). The summed E-state index contributed by atoms with van der Waals surface area (Å²) in [5.74, 6) is 0.467. The Labute approximate surface area is 128 Å². The Hall–Kier alpha value is -1.97. The number of carbonyl (C=O) groups excluding carboxylic acids is 1. The molecule has 0 bridgehead atoms. The predicted molar refractivity (Wildman–Crippen MR) is 80.3 cm³/mol. The van der Waals surface area contributed by atoms with E-state index >= 15 is 0 Å². The second-order valence-corrected chi connectivity index (χ2v) is 5.67. The van der Waals surface area contributed by atoms with E-state index in [1.807, 2.05) is 13.8 Å². The number of anilines is 1. The molecule has 1 heterocycles. The summed E-state index contributed by atoms with van der Waals surface area (Å²) in [7, 11) is 1.50. The number of rotatable bonds is 2. The van der Waals surface area contributed by atoms with Gasteiger partial charge in [0.05, 0.1) is 24.5 Å². The average Bonchev–Trinajstić information content (AvgIpc) is 2.75. The van der Waals surface area contributed by atoms with Gasteiger partial charge in [0.2, 0.25) is 0 Å². The highest BCUT2D eigenvalue weighted by Crippen LogP contribution is 2.29. The van der Waals surface area contributed by atoms with Gasteiger partial charge >= 0.3 is 6.03 Å². The van der Waals surface area contributed by atoms with Gasteiger partial charge in [-0.3, -0.25) is 10.2 Å². The third-order valence-electron chi connectivity index (χ3n) is 3.41. The number of amides is 2. The lowest BCUT2D eigenvalue weighted by Gasteiger charge is -2.32. The molecule has 0 saturated carbocycles. The maximum atomic E-state index is 12.5. The van der Waals surface area contributed by atoms with Gasteiger partial charge in [0.25, 0.3) is 0 Å². The van der Waals surface area contributed by atoms with E-state index in [1.165, 1.54) is 12.0 Å². The van der Waals surface area contributed by atoms with Crippen LogP contribution in [0, 0.1) is 11.3 Å². The molecule has 1 fully saturated rings. The second-order valence-electron chi connectivity index (χ2n) is 5.23. The van der Waals surface area contributed by atoms with E-state index in [1.54, 1.807) is 18.2 Å². The van der Waals surface area contributed by atoms with Gasteiger partial charge in [0, 0.05) is 17.6 Å². The number of carbonyl (C=O) groups is 1. The number of nitriles is 1. The summed E-state index contributed by atoms with van der Waals surface area (Å²) in [6.07, 6.45) is 0. The van der Waals surface area contributed by atoms with Gasteiger partial charge in [-0.05, 0) is 26.0 Å². The van der Waals surface area contributed by atoms with E-state index in [-0.39, 0.29) is 6.03 Å². The van der Waals surface area contributed by atoms with Crippen LogP contribution in [0.4, 0.5) is 10.5 Å². The van der Waals surface area contributed by atoms with E-state index in [4.69, 9.17) is 21.6 Å². The lowest BCUT2D eigenvalue weighted by atomic mass is 10.2. The molecule has 112 valence electrons. The summed E-state index contributed by atoms with van der Waals surface area (Å²) in [6, 6.07) is 6.19. The van der Waals surface area contributed by atoms with Gasteiger partial charge in [0.15, 0.2) is 0 Å². The summed E-state index contributed by atoms with van der Waals surface area (Å²) in [6.45, 7) is 4.14. The van der Waals surface area contributed by atoms with Crippen molar-refractivity contribution in [2.75, 3.05) is 19.0 Å². The van der Waals surface area contributed by atoms with Crippen molar-refractivity contribution in [1.82, 2.24) is 10.2 Å². The summed E-state index contributed by atoms with van der Waals surface area (Å²) in [5, 5.41) is 15.6. The molecule has 7 heteroatoms. The molecule has 1 aromatic rings. The van der Waals surface area contributed by atoms with Crippen LogP contribution in [-0.2, 0) is 0 Å². The van der Waals surface area contributed by atoms with Crippen LogP contribution in [0.3, 0.4) is 0 Å². The van der Waals surface area contributed by atoms with Crippen molar-refractivity contribution in [1.29, 1.82) is 5.26 Å². The Morgan fingerprint density at radius 1 is 1.62 bits per heavy atom. The first-order chi connectivity index (χ1) is 9.89. The van der Waals surface area contributed by atoms with Crippen molar-refractivity contribution in [2.45, 2.75) is 25.6 Å². The van der Waals surface area contributed by atoms with E-state index in [9.17, 15) is 4.79 Å². The minimum absolute atomic E-state index is 0.364. The molecular formula is C14H17ClN4O2. The number of ether oxygens (including phenoxy) is 1. The fourth-order valence-corrected chi connectivity index (χ4v) is 2.52. The quantitative estimate of drug-likeness (QED) is 0.879. The number of halogens is 1. The van der Waals surface area contributed by atoms with Crippen LogP contribution in [-0.4, -0.2) is 36.3 Å². The van der Waals surface area contributed by atoms with Crippen molar-refractivity contribution >= 4 is 23.3 Å². The van der Waals surface area contributed by atoms with Gasteiger partial charge in [0.1, 0.15) is 11.8 Å². The number of methoxy groups -OCH3 is 1. The van der Waals surface area contributed by atoms with Gasteiger partial charge in [-0.2, -0.15) is 5.26 Å². The molecular weight excluding hydrogens is 292 g/mol. The molecule has 6 nitrogen and oxygen atoms in total. The fraction of sp³-hybridized carbons (Fsp3) is 0.429. The number of hydrogen-bond acceptors (Lipinski definition) is 4. The van der Waals surface area contributed by atoms with Crippen LogP contribution in [0.2, 0.25) is 5.02 Å². The maximum absolute atomic E-state index is 12.5. The highest BCUT2D eigenvalue weighted by atomic mass is 35.5. The van der Waals surface area contributed by atoms with Crippen LogP contribution in [0.1, 0.15) is 13.8 Å². The van der Waals surface area contributed by atoms with Crippen molar-refractivity contribution < 1.29 is 9.53 Å². The van der Waals surface area contributed by atoms with Crippen molar-refractivity contribution in [2.24, 2.45) is 0 Å².